The average molecular weight is 389 g/mol. The third kappa shape index (κ3) is 3.19. The molecule has 0 unspecified atom stereocenters. The SMILES string of the molecule is CC1(C)COC(=O)[C@@H]1O[Si](c1ccccc1)(c1ccccc1)c1ccccc1. The standard InChI is InChI=1S/C24H24O3Si/c1-24(2)18-26-23(25)22(24)27-28(19-12-6-3-7-13-19,20-14-8-4-9-15-20)21-16-10-5-11-17-21/h3-17,22H,18H2,1-2H3/t22-/m0/s1. The van der Waals surface area contributed by atoms with Gasteiger partial charge < -0.3 is 9.16 Å². The maximum atomic E-state index is 12.6. The molecule has 1 atom stereocenters. The molecule has 0 aromatic heterocycles. The van der Waals surface area contributed by atoms with Crippen LogP contribution in [0.1, 0.15) is 13.8 Å². The van der Waals surface area contributed by atoms with Gasteiger partial charge >= 0.3 is 5.97 Å². The van der Waals surface area contributed by atoms with Crippen LogP contribution in [0.15, 0.2) is 91.0 Å². The Morgan fingerprint density at radius 1 is 0.786 bits per heavy atom. The minimum atomic E-state index is -2.92. The monoisotopic (exact) mass is 388 g/mol. The summed E-state index contributed by atoms with van der Waals surface area (Å²) in [6.07, 6.45) is -0.611. The van der Waals surface area contributed by atoms with Crippen LogP contribution in [-0.2, 0) is 14.0 Å². The first-order chi connectivity index (χ1) is 13.5. The van der Waals surface area contributed by atoms with Gasteiger partial charge in [0.2, 0.25) is 0 Å². The van der Waals surface area contributed by atoms with Crippen molar-refractivity contribution in [1.29, 1.82) is 0 Å². The van der Waals surface area contributed by atoms with Gasteiger partial charge in [0.15, 0.2) is 6.10 Å². The number of ether oxygens (including phenoxy) is 1. The first-order valence-electron chi connectivity index (χ1n) is 9.55. The van der Waals surface area contributed by atoms with Gasteiger partial charge in [-0.3, -0.25) is 0 Å². The van der Waals surface area contributed by atoms with Crippen LogP contribution in [0.4, 0.5) is 0 Å². The van der Waals surface area contributed by atoms with E-state index >= 15 is 0 Å². The Morgan fingerprint density at radius 3 is 1.50 bits per heavy atom. The fourth-order valence-electron chi connectivity index (χ4n) is 3.83. The summed E-state index contributed by atoms with van der Waals surface area (Å²) in [5.74, 6) is -0.273. The number of rotatable bonds is 5. The number of carbonyl (C=O) groups is 1. The minimum Gasteiger partial charge on any atom is -0.463 e. The normalized spacial score (nSPS) is 18.6. The molecule has 4 rings (SSSR count). The molecule has 28 heavy (non-hydrogen) atoms. The van der Waals surface area contributed by atoms with E-state index in [0.29, 0.717) is 6.61 Å². The predicted molar refractivity (Wildman–Crippen MR) is 114 cm³/mol. The molecule has 0 N–H and O–H groups in total. The van der Waals surface area contributed by atoms with Crippen LogP contribution in [0.5, 0.6) is 0 Å². The lowest BCUT2D eigenvalue weighted by molar-refractivity contribution is -0.144. The summed E-state index contributed by atoms with van der Waals surface area (Å²) in [5, 5.41) is 3.34. The highest BCUT2D eigenvalue weighted by Gasteiger charge is 2.52. The molecule has 0 radical (unpaired) electrons. The van der Waals surface area contributed by atoms with Gasteiger partial charge in [0.25, 0.3) is 8.32 Å². The lowest BCUT2D eigenvalue weighted by atomic mass is 9.90. The summed E-state index contributed by atoms with van der Waals surface area (Å²) >= 11 is 0. The van der Waals surface area contributed by atoms with Gasteiger partial charge in [-0.05, 0) is 15.6 Å². The largest absolute Gasteiger partial charge is 0.463 e. The van der Waals surface area contributed by atoms with Crippen molar-refractivity contribution in [2.45, 2.75) is 20.0 Å². The fourth-order valence-corrected chi connectivity index (χ4v) is 8.00. The zero-order valence-electron chi connectivity index (χ0n) is 16.2. The van der Waals surface area contributed by atoms with Crippen molar-refractivity contribution in [2.24, 2.45) is 5.41 Å². The van der Waals surface area contributed by atoms with Crippen molar-refractivity contribution in [2.75, 3.05) is 6.61 Å². The van der Waals surface area contributed by atoms with E-state index in [-0.39, 0.29) is 11.4 Å². The fraction of sp³-hybridized carbons (Fsp3) is 0.208. The summed E-state index contributed by atoms with van der Waals surface area (Å²) in [4.78, 5) is 12.6. The Labute approximate surface area is 167 Å². The molecular formula is C24H24O3Si. The van der Waals surface area contributed by atoms with Gasteiger partial charge in [-0.2, -0.15) is 0 Å². The lowest BCUT2D eigenvalue weighted by Crippen LogP contribution is -2.71. The second-order valence-electron chi connectivity index (χ2n) is 7.87. The molecule has 1 fully saturated rings. The minimum absolute atomic E-state index is 0.273. The molecule has 3 nitrogen and oxygen atoms in total. The Morgan fingerprint density at radius 2 is 1.18 bits per heavy atom. The number of hydrogen-bond donors (Lipinski definition) is 0. The van der Waals surface area contributed by atoms with Gasteiger partial charge in [0.1, 0.15) is 0 Å². The first-order valence-corrected chi connectivity index (χ1v) is 11.5. The predicted octanol–water partition coefficient (Wildman–Crippen LogP) is 2.62. The van der Waals surface area contributed by atoms with E-state index in [4.69, 9.17) is 9.16 Å². The molecule has 3 aromatic carbocycles. The summed E-state index contributed by atoms with van der Waals surface area (Å²) in [6, 6.07) is 30.9. The maximum absolute atomic E-state index is 12.6. The number of carbonyl (C=O) groups excluding carboxylic acids is 1. The highest BCUT2D eigenvalue weighted by atomic mass is 28.4. The molecule has 0 saturated carbocycles. The molecule has 0 bridgehead atoms. The van der Waals surface area contributed by atoms with Crippen molar-refractivity contribution in [3.8, 4) is 0 Å². The molecule has 1 aliphatic rings. The molecule has 0 spiro atoms. The lowest BCUT2D eigenvalue weighted by Gasteiger charge is -2.37. The number of cyclic esters (lactones) is 1. The number of hydrogen-bond acceptors (Lipinski definition) is 3. The molecule has 142 valence electrons. The van der Waals surface area contributed by atoms with E-state index in [2.05, 4.69) is 36.4 Å². The molecule has 0 amide bonds. The Hall–Kier alpha value is -2.69. The Balaban J connectivity index is 1.98. The van der Waals surface area contributed by atoms with Crippen LogP contribution in [0.3, 0.4) is 0 Å². The van der Waals surface area contributed by atoms with Crippen molar-refractivity contribution in [1.82, 2.24) is 0 Å². The third-order valence-corrected chi connectivity index (χ3v) is 9.37. The van der Waals surface area contributed by atoms with E-state index in [1.807, 2.05) is 68.4 Å². The van der Waals surface area contributed by atoms with E-state index in [0.717, 1.165) is 15.6 Å². The van der Waals surface area contributed by atoms with E-state index < -0.39 is 14.4 Å². The van der Waals surface area contributed by atoms with E-state index in [9.17, 15) is 4.79 Å². The first kappa shape index (κ1) is 18.7. The number of benzene rings is 3. The van der Waals surface area contributed by atoms with Crippen LogP contribution in [-0.4, -0.2) is 27.0 Å². The molecule has 0 aliphatic carbocycles. The summed E-state index contributed by atoms with van der Waals surface area (Å²) in [7, 11) is -2.92. The maximum Gasteiger partial charge on any atom is 0.334 e. The average Bonchev–Trinajstić information content (AvgIpc) is 3.00. The summed E-state index contributed by atoms with van der Waals surface area (Å²) < 4.78 is 12.3. The van der Waals surface area contributed by atoms with Crippen molar-refractivity contribution < 1.29 is 14.0 Å². The second-order valence-corrected chi connectivity index (χ2v) is 11.2. The van der Waals surface area contributed by atoms with Crippen LogP contribution in [0.25, 0.3) is 0 Å². The Bertz CT molecular complexity index is 843. The summed E-state index contributed by atoms with van der Waals surface area (Å²) in [6.45, 7) is 4.44. The molecule has 1 saturated heterocycles. The smallest absolute Gasteiger partial charge is 0.334 e. The van der Waals surface area contributed by atoms with E-state index in [1.54, 1.807) is 0 Å². The van der Waals surface area contributed by atoms with Crippen LogP contribution in [0.2, 0.25) is 0 Å². The topological polar surface area (TPSA) is 35.5 Å². The molecule has 3 aromatic rings. The molecule has 1 aliphatic heterocycles. The second kappa shape index (κ2) is 7.38. The van der Waals surface area contributed by atoms with Gasteiger partial charge in [-0.25, -0.2) is 4.79 Å². The molecule has 1 heterocycles. The van der Waals surface area contributed by atoms with Crippen LogP contribution < -0.4 is 15.6 Å². The number of esters is 1. The zero-order chi connectivity index (χ0) is 19.6. The van der Waals surface area contributed by atoms with Crippen molar-refractivity contribution in [3.05, 3.63) is 91.0 Å². The molecule has 4 heteroatoms. The summed E-state index contributed by atoms with van der Waals surface area (Å²) in [5.41, 5.74) is -0.381. The van der Waals surface area contributed by atoms with Gasteiger partial charge in [0, 0.05) is 5.41 Å². The van der Waals surface area contributed by atoms with Crippen molar-refractivity contribution in [3.63, 3.8) is 0 Å². The highest BCUT2D eigenvalue weighted by molar-refractivity contribution is 7.07. The zero-order valence-corrected chi connectivity index (χ0v) is 17.2. The van der Waals surface area contributed by atoms with Gasteiger partial charge in [-0.15, -0.1) is 0 Å². The van der Waals surface area contributed by atoms with Gasteiger partial charge in [-0.1, -0.05) is 105 Å². The van der Waals surface area contributed by atoms with E-state index in [1.165, 1.54) is 0 Å². The third-order valence-electron chi connectivity index (χ3n) is 5.35. The van der Waals surface area contributed by atoms with Gasteiger partial charge in [0.05, 0.1) is 6.61 Å². The Kier molecular flexibility index (Phi) is 4.92. The molecular weight excluding hydrogens is 364 g/mol. The van der Waals surface area contributed by atoms with Crippen LogP contribution in [0, 0.1) is 5.41 Å². The van der Waals surface area contributed by atoms with Crippen LogP contribution >= 0.6 is 0 Å². The van der Waals surface area contributed by atoms with Crippen molar-refractivity contribution >= 4 is 29.8 Å². The highest BCUT2D eigenvalue weighted by Crippen LogP contribution is 2.33. The quantitative estimate of drug-likeness (QED) is 0.383.